The minimum absolute atomic E-state index is 0.120. The van der Waals surface area contributed by atoms with Crippen molar-refractivity contribution in [3.63, 3.8) is 0 Å². The van der Waals surface area contributed by atoms with Crippen molar-refractivity contribution in [3.8, 4) is 0 Å². The van der Waals surface area contributed by atoms with Gasteiger partial charge in [-0.2, -0.15) is 0 Å². The lowest BCUT2D eigenvalue weighted by atomic mass is 10.2. The van der Waals surface area contributed by atoms with E-state index in [4.69, 9.17) is 0 Å². The Hall–Kier alpha value is -3.00. The highest BCUT2D eigenvalue weighted by atomic mass is 32.1. The van der Waals surface area contributed by atoms with Crippen LogP contribution in [0.15, 0.2) is 48.5 Å². The molecule has 0 spiro atoms. The van der Waals surface area contributed by atoms with Gasteiger partial charge >= 0.3 is 6.03 Å². The standard InChI is InChI=1S/C22H23FN4O2S/c23-16-8-10-17(11-9-16)24-22(29)27-14-12-26(13-15-27)21(28)7-3-6-20-25-18-4-1-2-5-19(18)30-20/h1-2,4-5,8-11H,3,6-7,12-15H2,(H,24,29). The van der Waals surface area contributed by atoms with Crippen LogP contribution in [0.2, 0.25) is 0 Å². The summed E-state index contributed by atoms with van der Waals surface area (Å²) in [5.41, 5.74) is 1.56. The zero-order valence-corrected chi connectivity index (χ0v) is 17.3. The highest BCUT2D eigenvalue weighted by Crippen LogP contribution is 2.23. The molecule has 1 aliphatic rings. The summed E-state index contributed by atoms with van der Waals surface area (Å²) in [6.45, 7) is 2.01. The third kappa shape index (κ3) is 4.94. The number of carbonyl (C=O) groups excluding carboxylic acids is 2. The van der Waals surface area contributed by atoms with Gasteiger partial charge in [0.25, 0.3) is 0 Å². The number of fused-ring (bicyclic) bond motifs is 1. The maximum atomic E-state index is 13.0. The first kappa shape index (κ1) is 20.3. The first-order valence-corrected chi connectivity index (χ1v) is 10.8. The van der Waals surface area contributed by atoms with Crippen LogP contribution in [0.3, 0.4) is 0 Å². The second kappa shape index (κ2) is 9.21. The van der Waals surface area contributed by atoms with E-state index >= 15 is 0 Å². The van der Waals surface area contributed by atoms with Crippen LogP contribution in [0.1, 0.15) is 17.8 Å². The van der Waals surface area contributed by atoms with E-state index in [-0.39, 0.29) is 17.8 Å². The van der Waals surface area contributed by atoms with Gasteiger partial charge in [0.2, 0.25) is 5.91 Å². The second-order valence-corrected chi connectivity index (χ2v) is 8.35. The number of hydrogen-bond acceptors (Lipinski definition) is 4. The molecule has 0 atom stereocenters. The lowest BCUT2D eigenvalue weighted by Gasteiger charge is -2.34. The summed E-state index contributed by atoms with van der Waals surface area (Å²) in [4.78, 5) is 33.0. The SMILES string of the molecule is O=C(CCCc1nc2ccccc2s1)N1CCN(C(=O)Nc2ccc(F)cc2)CC1. The number of thiazole rings is 1. The highest BCUT2D eigenvalue weighted by molar-refractivity contribution is 7.18. The number of anilines is 1. The molecule has 156 valence electrons. The van der Waals surface area contributed by atoms with E-state index in [1.54, 1.807) is 16.2 Å². The molecule has 0 unspecified atom stereocenters. The molecule has 8 heteroatoms. The maximum Gasteiger partial charge on any atom is 0.321 e. The maximum absolute atomic E-state index is 13.0. The van der Waals surface area contributed by atoms with Gasteiger partial charge in [-0.1, -0.05) is 12.1 Å². The summed E-state index contributed by atoms with van der Waals surface area (Å²) in [6.07, 6.45) is 2.05. The topological polar surface area (TPSA) is 65.5 Å². The summed E-state index contributed by atoms with van der Waals surface area (Å²) >= 11 is 1.68. The van der Waals surface area contributed by atoms with Crippen molar-refractivity contribution in [1.29, 1.82) is 0 Å². The van der Waals surface area contributed by atoms with E-state index in [1.807, 2.05) is 23.1 Å². The Kier molecular flexibility index (Phi) is 6.23. The minimum atomic E-state index is -0.344. The van der Waals surface area contributed by atoms with E-state index in [0.717, 1.165) is 23.4 Å². The monoisotopic (exact) mass is 426 g/mol. The van der Waals surface area contributed by atoms with E-state index in [0.29, 0.717) is 38.3 Å². The fourth-order valence-corrected chi connectivity index (χ4v) is 4.48. The number of aromatic nitrogens is 1. The second-order valence-electron chi connectivity index (χ2n) is 7.23. The molecule has 0 radical (unpaired) electrons. The Balaban J connectivity index is 1.20. The molecule has 1 N–H and O–H groups in total. The number of piperazine rings is 1. The largest absolute Gasteiger partial charge is 0.339 e. The predicted molar refractivity (Wildman–Crippen MR) is 116 cm³/mol. The number of aryl methyl sites for hydroxylation is 1. The molecule has 1 fully saturated rings. The number of nitrogens with one attached hydrogen (secondary N) is 1. The third-order valence-corrected chi connectivity index (χ3v) is 6.23. The summed E-state index contributed by atoms with van der Waals surface area (Å²) in [7, 11) is 0. The lowest BCUT2D eigenvalue weighted by molar-refractivity contribution is -0.132. The van der Waals surface area contributed by atoms with Crippen LogP contribution in [0.4, 0.5) is 14.9 Å². The summed E-state index contributed by atoms with van der Waals surface area (Å²) in [5.74, 6) is -0.224. The Morgan fingerprint density at radius 2 is 1.70 bits per heavy atom. The Morgan fingerprint density at radius 3 is 2.43 bits per heavy atom. The van der Waals surface area contributed by atoms with Gasteiger partial charge < -0.3 is 15.1 Å². The minimum Gasteiger partial charge on any atom is -0.339 e. The number of amides is 3. The van der Waals surface area contributed by atoms with Crippen molar-refractivity contribution in [3.05, 3.63) is 59.4 Å². The molecule has 3 amide bonds. The molecule has 6 nitrogen and oxygen atoms in total. The number of halogens is 1. The van der Waals surface area contributed by atoms with Crippen LogP contribution in [-0.2, 0) is 11.2 Å². The number of urea groups is 1. The Morgan fingerprint density at radius 1 is 1.00 bits per heavy atom. The number of hydrogen-bond donors (Lipinski definition) is 1. The molecule has 1 aliphatic heterocycles. The van der Waals surface area contributed by atoms with Crippen molar-refractivity contribution >= 4 is 39.2 Å². The number of para-hydroxylation sites is 1. The van der Waals surface area contributed by atoms with Gasteiger partial charge in [0.15, 0.2) is 0 Å². The zero-order chi connectivity index (χ0) is 20.9. The summed E-state index contributed by atoms with van der Waals surface area (Å²) in [6, 6.07) is 13.5. The molecule has 30 heavy (non-hydrogen) atoms. The van der Waals surface area contributed by atoms with Crippen molar-refractivity contribution in [2.75, 3.05) is 31.5 Å². The first-order chi connectivity index (χ1) is 14.6. The average Bonchev–Trinajstić information content (AvgIpc) is 3.18. The van der Waals surface area contributed by atoms with E-state index in [2.05, 4.69) is 16.4 Å². The van der Waals surface area contributed by atoms with Crippen molar-refractivity contribution in [1.82, 2.24) is 14.8 Å². The molecule has 2 aromatic carbocycles. The number of rotatable bonds is 5. The molecular weight excluding hydrogens is 403 g/mol. The van der Waals surface area contributed by atoms with Crippen LogP contribution in [0.5, 0.6) is 0 Å². The number of nitrogens with zero attached hydrogens (tertiary/aromatic N) is 3. The quantitative estimate of drug-likeness (QED) is 0.667. The van der Waals surface area contributed by atoms with Crippen LogP contribution in [0, 0.1) is 5.82 Å². The normalized spacial score (nSPS) is 14.2. The smallest absolute Gasteiger partial charge is 0.321 e. The van der Waals surface area contributed by atoms with Gasteiger partial charge in [0, 0.05) is 38.3 Å². The molecule has 0 aliphatic carbocycles. The first-order valence-electron chi connectivity index (χ1n) is 10.0. The van der Waals surface area contributed by atoms with Gasteiger partial charge in [-0.25, -0.2) is 14.2 Å². The van der Waals surface area contributed by atoms with Crippen molar-refractivity contribution in [2.45, 2.75) is 19.3 Å². The molecule has 3 aromatic rings. The fraction of sp³-hybridized carbons (Fsp3) is 0.318. The van der Waals surface area contributed by atoms with Gasteiger partial charge in [-0.15, -0.1) is 11.3 Å². The molecule has 1 saturated heterocycles. The lowest BCUT2D eigenvalue weighted by Crippen LogP contribution is -2.51. The average molecular weight is 427 g/mol. The van der Waals surface area contributed by atoms with E-state index < -0.39 is 0 Å². The third-order valence-electron chi connectivity index (χ3n) is 5.13. The fourth-order valence-electron chi connectivity index (χ4n) is 3.47. The van der Waals surface area contributed by atoms with Gasteiger partial charge in [-0.3, -0.25) is 4.79 Å². The summed E-state index contributed by atoms with van der Waals surface area (Å²) in [5, 5.41) is 3.82. The molecular formula is C22H23FN4O2S. The van der Waals surface area contributed by atoms with Crippen LogP contribution < -0.4 is 5.32 Å². The predicted octanol–water partition coefficient (Wildman–Crippen LogP) is 4.13. The van der Waals surface area contributed by atoms with Crippen LogP contribution >= 0.6 is 11.3 Å². The van der Waals surface area contributed by atoms with Gasteiger partial charge in [-0.05, 0) is 49.2 Å². The van der Waals surface area contributed by atoms with Crippen molar-refractivity contribution in [2.24, 2.45) is 0 Å². The highest BCUT2D eigenvalue weighted by Gasteiger charge is 2.24. The van der Waals surface area contributed by atoms with Gasteiger partial charge in [0.05, 0.1) is 15.2 Å². The number of benzene rings is 2. The van der Waals surface area contributed by atoms with Crippen molar-refractivity contribution < 1.29 is 14.0 Å². The van der Waals surface area contributed by atoms with E-state index in [9.17, 15) is 14.0 Å². The molecule has 1 aromatic heterocycles. The van der Waals surface area contributed by atoms with Gasteiger partial charge in [0.1, 0.15) is 5.82 Å². The Bertz CT molecular complexity index is 996. The molecule has 0 bridgehead atoms. The molecule has 0 saturated carbocycles. The zero-order valence-electron chi connectivity index (χ0n) is 16.5. The van der Waals surface area contributed by atoms with E-state index in [1.165, 1.54) is 29.0 Å². The summed E-state index contributed by atoms with van der Waals surface area (Å²) < 4.78 is 14.1. The Labute approximate surface area is 178 Å². The molecule has 2 heterocycles. The van der Waals surface area contributed by atoms with Crippen LogP contribution in [0.25, 0.3) is 10.2 Å². The molecule has 4 rings (SSSR count). The van der Waals surface area contributed by atoms with Crippen LogP contribution in [-0.4, -0.2) is 52.9 Å². The number of carbonyl (C=O) groups is 2.